The Hall–Kier alpha value is -2.13. The Morgan fingerprint density at radius 2 is 1.89 bits per heavy atom. The largest absolute Gasteiger partial charge is 0.444 e. The first-order valence-electron chi connectivity index (χ1n) is 9.31. The fourth-order valence-electron chi connectivity index (χ4n) is 2.68. The number of rotatable bonds is 10. The topological polar surface area (TPSA) is 123 Å². The van der Waals surface area contributed by atoms with E-state index in [2.05, 4.69) is 10.6 Å². The molecule has 0 aromatic heterocycles. The van der Waals surface area contributed by atoms with Crippen molar-refractivity contribution in [1.29, 1.82) is 0 Å². The molecule has 0 radical (unpaired) electrons. The first kappa shape index (κ1) is 25.9. The van der Waals surface area contributed by atoms with Crippen LogP contribution in [0.2, 0.25) is 0 Å². The second-order valence-electron chi connectivity index (χ2n) is 7.58. The third-order valence-corrected chi connectivity index (χ3v) is 4.36. The molecule has 0 heterocycles. The van der Waals surface area contributed by atoms with Crippen LogP contribution in [0.5, 0.6) is 0 Å². The minimum atomic E-state index is -1.14. The van der Waals surface area contributed by atoms with Gasteiger partial charge in [-0.05, 0) is 53.7 Å². The summed E-state index contributed by atoms with van der Waals surface area (Å²) in [5, 5.41) is 5.40. The molecular weight excluding hydrogens is 365 g/mol. The van der Waals surface area contributed by atoms with Gasteiger partial charge in [0.2, 0.25) is 5.91 Å². The van der Waals surface area contributed by atoms with Gasteiger partial charge < -0.3 is 31.7 Å². The van der Waals surface area contributed by atoms with Gasteiger partial charge in [-0.15, -0.1) is 0 Å². The molecule has 0 spiro atoms. The van der Waals surface area contributed by atoms with Crippen LogP contribution in [0.4, 0.5) is 9.18 Å². The molecule has 0 aromatic rings. The van der Waals surface area contributed by atoms with Gasteiger partial charge in [0.15, 0.2) is 0 Å². The molecule has 0 aliphatic rings. The summed E-state index contributed by atoms with van der Waals surface area (Å²) >= 11 is 0. The van der Waals surface area contributed by atoms with E-state index < -0.39 is 35.1 Å². The van der Waals surface area contributed by atoms with Crippen LogP contribution < -0.4 is 22.1 Å². The minimum absolute atomic E-state index is 0.0644. The van der Waals surface area contributed by atoms with Gasteiger partial charge >= 0.3 is 6.09 Å². The van der Waals surface area contributed by atoms with E-state index in [4.69, 9.17) is 16.2 Å². The molecule has 0 aliphatic carbocycles. The molecule has 2 unspecified atom stereocenters. The second-order valence-corrected chi connectivity index (χ2v) is 7.58. The fourth-order valence-corrected chi connectivity index (χ4v) is 2.68. The summed E-state index contributed by atoms with van der Waals surface area (Å²) in [4.78, 5) is 25.4. The number of halogens is 1. The Kier molecular flexibility index (Phi) is 10.2. The lowest BCUT2D eigenvalue weighted by Gasteiger charge is -2.34. The Morgan fingerprint density at radius 1 is 1.32 bits per heavy atom. The van der Waals surface area contributed by atoms with E-state index >= 15 is 0 Å². The molecule has 0 rings (SSSR count). The third-order valence-electron chi connectivity index (χ3n) is 4.36. The molecule has 0 aliphatic heterocycles. The highest BCUT2D eigenvalue weighted by atomic mass is 19.1. The van der Waals surface area contributed by atoms with E-state index in [1.165, 1.54) is 12.2 Å². The molecule has 0 bridgehead atoms. The van der Waals surface area contributed by atoms with Gasteiger partial charge in [-0.1, -0.05) is 13.0 Å². The van der Waals surface area contributed by atoms with Crippen LogP contribution in [0.3, 0.4) is 0 Å². The molecule has 0 aromatic carbocycles. The number of nitrogens with two attached hydrogens (primary N) is 2. The zero-order valence-corrected chi connectivity index (χ0v) is 18.1. The van der Waals surface area contributed by atoms with E-state index in [9.17, 15) is 14.0 Å². The molecule has 9 heteroatoms. The monoisotopic (exact) mass is 401 g/mol. The number of carbonyl (C=O) groups is 2. The molecule has 162 valence electrons. The summed E-state index contributed by atoms with van der Waals surface area (Å²) in [5.74, 6) is -1.08. The van der Waals surface area contributed by atoms with Crippen LogP contribution >= 0.6 is 0 Å². The highest BCUT2D eigenvalue weighted by Crippen LogP contribution is 2.20. The Labute approximate surface area is 167 Å². The zero-order valence-electron chi connectivity index (χ0n) is 18.1. The molecule has 28 heavy (non-hydrogen) atoms. The predicted octanol–water partition coefficient (Wildman–Crippen LogP) is 1.73. The van der Waals surface area contributed by atoms with E-state index in [-0.39, 0.29) is 12.2 Å². The van der Waals surface area contributed by atoms with E-state index in [1.807, 2.05) is 6.92 Å². The molecule has 0 fully saturated rings. The van der Waals surface area contributed by atoms with Crippen LogP contribution in [0.15, 0.2) is 23.7 Å². The number of nitrogens with zero attached hydrogens (tertiary/aromatic N) is 1. The van der Waals surface area contributed by atoms with Crippen molar-refractivity contribution in [2.75, 3.05) is 20.6 Å². The van der Waals surface area contributed by atoms with Crippen molar-refractivity contribution in [2.45, 2.75) is 64.8 Å². The van der Waals surface area contributed by atoms with Gasteiger partial charge in [0.1, 0.15) is 17.6 Å². The van der Waals surface area contributed by atoms with Gasteiger partial charge in [-0.3, -0.25) is 4.79 Å². The number of hydrogen-bond acceptors (Lipinski definition) is 6. The zero-order chi connectivity index (χ0) is 22.1. The van der Waals surface area contributed by atoms with Crippen molar-refractivity contribution >= 4 is 12.0 Å². The SMILES string of the molecule is C/C=C\C(F)=C(/C(N)NC(=O)OC(C)(C)C)N(C)CCC(CC)(NC)C(N)=O. The number of hydrogen-bond donors (Lipinski definition) is 4. The van der Waals surface area contributed by atoms with Crippen LogP contribution in [0.1, 0.15) is 47.5 Å². The summed E-state index contributed by atoms with van der Waals surface area (Å²) in [6, 6.07) is 0. The predicted molar refractivity (Wildman–Crippen MR) is 109 cm³/mol. The van der Waals surface area contributed by atoms with Gasteiger partial charge in [0, 0.05) is 13.6 Å². The fraction of sp³-hybridized carbons (Fsp3) is 0.684. The van der Waals surface area contributed by atoms with Crippen molar-refractivity contribution in [3.8, 4) is 0 Å². The lowest BCUT2D eigenvalue weighted by Crippen LogP contribution is -2.55. The van der Waals surface area contributed by atoms with E-state index in [1.54, 1.807) is 46.7 Å². The van der Waals surface area contributed by atoms with Crippen molar-refractivity contribution in [3.63, 3.8) is 0 Å². The first-order valence-corrected chi connectivity index (χ1v) is 9.31. The van der Waals surface area contributed by atoms with E-state index in [0.29, 0.717) is 12.8 Å². The second kappa shape index (κ2) is 11.0. The normalized spacial score (nSPS) is 16.2. The average molecular weight is 402 g/mol. The molecule has 8 nitrogen and oxygen atoms in total. The van der Waals surface area contributed by atoms with Crippen molar-refractivity contribution in [1.82, 2.24) is 15.5 Å². The average Bonchev–Trinajstić information content (AvgIpc) is 2.54. The number of carbonyl (C=O) groups excluding carboxylic acids is 2. The van der Waals surface area contributed by atoms with Crippen molar-refractivity contribution in [2.24, 2.45) is 11.5 Å². The highest BCUT2D eigenvalue weighted by Gasteiger charge is 2.33. The Balaban J connectivity index is 5.50. The number of likely N-dealkylation sites (N-methyl/N-ethyl adjacent to an activating group) is 2. The van der Waals surface area contributed by atoms with Crippen LogP contribution in [-0.2, 0) is 9.53 Å². The molecule has 0 saturated heterocycles. The van der Waals surface area contributed by atoms with Gasteiger partial charge in [-0.2, -0.15) is 0 Å². The number of primary amides is 1. The maximum atomic E-state index is 14.7. The van der Waals surface area contributed by atoms with Crippen LogP contribution in [-0.4, -0.2) is 54.8 Å². The maximum absolute atomic E-state index is 14.7. The number of alkyl carbamates (subject to hydrolysis) is 1. The molecular formula is C19H36FN5O3. The summed E-state index contributed by atoms with van der Waals surface area (Å²) in [6.07, 6.45) is 1.69. The summed E-state index contributed by atoms with van der Waals surface area (Å²) in [7, 11) is 3.29. The van der Waals surface area contributed by atoms with Crippen molar-refractivity contribution in [3.05, 3.63) is 23.7 Å². The molecule has 6 N–H and O–H groups in total. The lowest BCUT2D eigenvalue weighted by atomic mass is 9.91. The summed E-state index contributed by atoms with van der Waals surface area (Å²) in [6.45, 7) is 8.93. The quantitative estimate of drug-likeness (QED) is 0.327. The van der Waals surface area contributed by atoms with E-state index in [0.717, 1.165) is 0 Å². The Bertz CT molecular complexity index is 595. The number of allylic oxidation sites excluding steroid dienone is 3. The summed E-state index contributed by atoms with van der Waals surface area (Å²) in [5.41, 5.74) is 10.0. The van der Waals surface area contributed by atoms with Gasteiger partial charge in [0.05, 0.1) is 11.2 Å². The minimum Gasteiger partial charge on any atom is -0.444 e. The third kappa shape index (κ3) is 7.85. The lowest BCUT2D eigenvalue weighted by molar-refractivity contribution is -0.124. The van der Waals surface area contributed by atoms with Crippen LogP contribution in [0, 0.1) is 0 Å². The molecule has 0 saturated carbocycles. The number of amides is 2. The number of ether oxygens (including phenoxy) is 1. The smallest absolute Gasteiger partial charge is 0.409 e. The standard InChI is InChI=1S/C19H36FN5O3/c1-8-10-13(20)14(15(21)24-17(27)28-18(3,4)5)25(7)12-11-19(9-2,23-6)16(22)26/h8,10,15,23H,9,11-12,21H2,1-7H3,(H2,22,26)(H,24,27)/b10-8-,14-13-. The van der Waals surface area contributed by atoms with Crippen molar-refractivity contribution < 1.29 is 18.7 Å². The van der Waals surface area contributed by atoms with Gasteiger partial charge in [-0.25, -0.2) is 9.18 Å². The summed E-state index contributed by atoms with van der Waals surface area (Å²) < 4.78 is 19.8. The molecule has 2 atom stereocenters. The maximum Gasteiger partial charge on any atom is 0.409 e. The van der Waals surface area contributed by atoms with Crippen LogP contribution in [0.25, 0.3) is 0 Å². The highest BCUT2D eigenvalue weighted by molar-refractivity contribution is 5.84. The molecule has 2 amide bonds. The first-order chi connectivity index (χ1) is 12.8. The number of nitrogens with one attached hydrogen (secondary N) is 2. The van der Waals surface area contributed by atoms with Gasteiger partial charge in [0.25, 0.3) is 0 Å². The Morgan fingerprint density at radius 3 is 2.29 bits per heavy atom.